The largest absolute Gasteiger partial charge is 0.337 e. The minimum atomic E-state index is -0.255. The number of halogens is 2. The fourth-order valence-corrected chi connectivity index (χ4v) is 3.50. The molecule has 2 aromatic carbocycles. The number of amides is 2. The lowest BCUT2D eigenvalue weighted by Gasteiger charge is -2.33. The maximum absolute atomic E-state index is 12.8. The summed E-state index contributed by atoms with van der Waals surface area (Å²) >= 11 is 11.8. The van der Waals surface area contributed by atoms with E-state index in [0.29, 0.717) is 34.0 Å². The number of urea groups is 1. The number of nitrogens with one attached hydrogen (secondary N) is 1. The van der Waals surface area contributed by atoms with Gasteiger partial charge >= 0.3 is 6.03 Å². The molecule has 0 bridgehead atoms. The third kappa shape index (κ3) is 4.13. The van der Waals surface area contributed by atoms with Crippen molar-refractivity contribution < 1.29 is 9.32 Å². The molecule has 1 atom stereocenters. The third-order valence-electron chi connectivity index (χ3n) is 4.69. The molecular formula is C20H18Cl2N4O2. The van der Waals surface area contributed by atoms with Crippen LogP contribution in [-0.2, 0) is 0 Å². The lowest BCUT2D eigenvalue weighted by Crippen LogP contribution is -2.41. The zero-order valence-corrected chi connectivity index (χ0v) is 16.5. The predicted molar refractivity (Wildman–Crippen MR) is 109 cm³/mol. The molecule has 2 heterocycles. The van der Waals surface area contributed by atoms with Gasteiger partial charge in [-0.05, 0) is 67.8 Å². The van der Waals surface area contributed by atoms with Gasteiger partial charge in [0.25, 0.3) is 0 Å². The van der Waals surface area contributed by atoms with Crippen LogP contribution in [0.15, 0.2) is 53.1 Å². The highest BCUT2D eigenvalue weighted by Gasteiger charge is 2.32. The van der Waals surface area contributed by atoms with E-state index in [1.807, 2.05) is 12.1 Å². The number of nitrogens with zero attached hydrogens (tertiary/aromatic N) is 3. The topological polar surface area (TPSA) is 71.3 Å². The molecule has 4 rings (SSSR count). The van der Waals surface area contributed by atoms with Crippen LogP contribution < -0.4 is 5.32 Å². The van der Waals surface area contributed by atoms with Gasteiger partial charge in [0, 0.05) is 27.8 Å². The predicted octanol–water partition coefficient (Wildman–Crippen LogP) is 5.80. The summed E-state index contributed by atoms with van der Waals surface area (Å²) in [5, 5.41) is 8.25. The standard InChI is InChI=1S/C20H18Cl2N4O2/c21-14-6-4-13(5-7-14)18-24-19(28-25-18)17-3-1-2-12-26(17)20(27)23-16-10-8-15(22)9-11-16/h4-11,17H,1-3,12H2,(H,23,27)/t17-/m0/s1. The van der Waals surface area contributed by atoms with Gasteiger partial charge < -0.3 is 14.7 Å². The summed E-state index contributed by atoms with van der Waals surface area (Å²) in [4.78, 5) is 19.1. The smallest absolute Gasteiger partial charge is 0.322 e. The molecule has 1 N–H and O–H groups in total. The second kappa shape index (κ2) is 8.20. The molecule has 0 radical (unpaired) electrons. The number of hydrogen-bond acceptors (Lipinski definition) is 4. The van der Waals surface area contributed by atoms with Crippen LogP contribution >= 0.6 is 23.2 Å². The molecule has 8 heteroatoms. The van der Waals surface area contributed by atoms with E-state index in [0.717, 1.165) is 24.8 Å². The minimum Gasteiger partial charge on any atom is -0.337 e. The zero-order chi connectivity index (χ0) is 19.5. The molecule has 0 spiro atoms. The Hall–Kier alpha value is -2.57. The second-order valence-electron chi connectivity index (χ2n) is 6.61. The number of carbonyl (C=O) groups is 1. The summed E-state index contributed by atoms with van der Waals surface area (Å²) in [5.74, 6) is 0.922. The molecule has 2 amide bonds. The number of anilines is 1. The Kier molecular flexibility index (Phi) is 5.50. The summed E-state index contributed by atoms with van der Waals surface area (Å²) in [6.45, 7) is 0.628. The van der Waals surface area contributed by atoms with Crippen LogP contribution in [0.4, 0.5) is 10.5 Å². The molecule has 1 aliphatic heterocycles. The molecule has 28 heavy (non-hydrogen) atoms. The monoisotopic (exact) mass is 416 g/mol. The molecule has 0 aliphatic carbocycles. The van der Waals surface area contributed by atoms with Crippen LogP contribution in [-0.4, -0.2) is 27.6 Å². The Balaban J connectivity index is 1.53. The van der Waals surface area contributed by atoms with Crippen molar-refractivity contribution in [3.05, 3.63) is 64.5 Å². The van der Waals surface area contributed by atoms with Gasteiger partial charge in [-0.2, -0.15) is 4.98 Å². The van der Waals surface area contributed by atoms with Crippen molar-refractivity contribution >= 4 is 34.9 Å². The van der Waals surface area contributed by atoms with Gasteiger partial charge in [0.1, 0.15) is 6.04 Å². The molecule has 1 fully saturated rings. The number of benzene rings is 2. The third-order valence-corrected chi connectivity index (χ3v) is 5.19. The number of carbonyl (C=O) groups excluding carboxylic acids is 1. The first kappa shape index (κ1) is 18.8. The Bertz CT molecular complexity index is 957. The first-order valence-electron chi connectivity index (χ1n) is 9.03. The van der Waals surface area contributed by atoms with Crippen molar-refractivity contribution in [3.63, 3.8) is 0 Å². The highest BCUT2D eigenvalue weighted by Crippen LogP contribution is 2.32. The number of aromatic nitrogens is 2. The van der Waals surface area contributed by atoms with E-state index < -0.39 is 0 Å². The molecular weight excluding hydrogens is 399 g/mol. The van der Waals surface area contributed by atoms with Gasteiger partial charge in [-0.25, -0.2) is 4.79 Å². The van der Waals surface area contributed by atoms with E-state index in [-0.39, 0.29) is 12.1 Å². The van der Waals surface area contributed by atoms with Crippen LogP contribution in [0.25, 0.3) is 11.4 Å². The van der Waals surface area contributed by atoms with Crippen molar-refractivity contribution in [2.75, 3.05) is 11.9 Å². The summed E-state index contributed by atoms with van der Waals surface area (Å²) in [5.41, 5.74) is 1.50. The lowest BCUT2D eigenvalue weighted by molar-refractivity contribution is 0.142. The normalized spacial score (nSPS) is 16.8. The SMILES string of the molecule is O=C(Nc1ccc(Cl)cc1)N1CCCC[C@H]1c1nc(-c2ccc(Cl)cc2)no1. The molecule has 6 nitrogen and oxygen atoms in total. The molecule has 1 saturated heterocycles. The molecule has 1 aromatic heterocycles. The van der Waals surface area contributed by atoms with Crippen molar-refractivity contribution in [2.24, 2.45) is 0 Å². The van der Waals surface area contributed by atoms with Crippen LogP contribution in [0.3, 0.4) is 0 Å². The van der Waals surface area contributed by atoms with Gasteiger partial charge in [0.2, 0.25) is 11.7 Å². The summed E-state index contributed by atoms with van der Waals surface area (Å²) in [6, 6.07) is 13.8. The minimum absolute atomic E-state index is 0.196. The van der Waals surface area contributed by atoms with Crippen LogP contribution in [0.1, 0.15) is 31.2 Å². The number of hydrogen-bond donors (Lipinski definition) is 1. The summed E-state index contributed by atoms with van der Waals surface area (Å²) in [7, 11) is 0. The first-order chi connectivity index (χ1) is 13.6. The summed E-state index contributed by atoms with van der Waals surface area (Å²) < 4.78 is 5.50. The van der Waals surface area contributed by atoms with Crippen molar-refractivity contribution in [1.82, 2.24) is 15.0 Å². The quantitative estimate of drug-likeness (QED) is 0.585. The maximum Gasteiger partial charge on any atom is 0.322 e. The zero-order valence-electron chi connectivity index (χ0n) is 14.9. The Morgan fingerprint density at radius 1 is 1.04 bits per heavy atom. The van der Waals surface area contributed by atoms with Crippen LogP contribution in [0.5, 0.6) is 0 Å². The van der Waals surface area contributed by atoms with Gasteiger partial charge in [0.05, 0.1) is 0 Å². The highest BCUT2D eigenvalue weighted by molar-refractivity contribution is 6.30. The van der Waals surface area contributed by atoms with Gasteiger partial charge in [-0.15, -0.1) is 0 Å². The van der Waals surface area contributed by atoms with E-state index in [9.17, 15) is 4.79 Å². The number of likely N-dealkylation sites (tertiary alicyclic amines) is 1. The summed E-state index contributed by atoms with van der Waals surface area (Å²) in [6.07, 6.45) is 2.70. The van der Waals surface area contributed by atoms with Gasteiger partial charge in [-0.3, -0.25) is 0 Å². The van der Waals surface area contributed by atoms with E-state index in [1.165, 1.54) is 0 Å². The van der Waals surface area contributed by atoms with Crippen molar-refractivity contribution in [2.45, 2.75) is 25.3 Å². The Morgan fingerprint density at radius 3 is 2.43 bits per heavy atom. The van der Waals surface area contributed by atoms with Gasteiger partial charge in [-0.1, -0.05) is 28.4 Å². The first-order valence-corrected chi connectivity index (χ1v) is 9.78. The molecule has 144 valence electrons. The molecule has 0 unspecified atom stereocenters. The van der Waals surface area contributed by atoms with Crippen molar-refractivity contribution in [3.8, 4) is 11.4 Å². The highest BCUT2D eigenvalue weighted by atomic mass is 35.5. The molecule has 0 saturated carbocycles. The molecule has 3 aromatic rings. The average Bonchev–Trinajstić information content (AvgIpc) is 3.20. The Labute approximate surface area is 172 Å². The lowest BCUT2D eigenvalue weighted by atomic mass is 10.0. The fourth-order valence-electron chi connectivity index (χ4n) is 3.25. The van der Waals surface area contributed by atoms with E-state index in [2.05, 4.69) is 15.5 Å². The van der Waals surface area contributed by atoms with E-state index in [4.69, 9.17) is 27.7 Å². The van der Waals surface area contributed by atoms with Crippen LogP contribution in [0.2, 0.25) is 10.0 Å². The number of rotatable bonds is 3. The van der Waals surface area contributed by atoms with Crippen molar-refractivity contribution in [1.29, 1.82) is 0 Å². The molecule has 1 aliphatic rings. The van der Waals surface area contributed by atoms with E-state index >= 15 is 0 Å². The maximum atomic E-state index is 12.8. The second-order valence-corrected chi connectivity index (χ2v) is 7.48. The van der Waals surface area contributed by atoms with Gasteiger partial charge in [0.15, 0.2) is 0 Å². The Morgan fingerprint density at radius 2 is 1.71 bits per heavy atom. The van der Waals surface area contributed by atoms with Crippen LogP contribution in [0, 0.1) is 0 Å². The number of piperidine rings is 1. The fraction of sp³-hybridized carbons (Fsp3) is 0.250. The average molecular weight is 417 g/mol. The van der Waals surface area contributed by atoms with E-state index in [1.54, 1.807) is 41.3 Å².